The summed E-state index contributed by atoms with van der Waals surface area (Å²) in [6.07, 6.45) is 2.11. The highest BCUT2D eigenvalue weighted by molar-refractivity contribution is 7.98. The van der Waals surface area contributed by atoms with E-state index in [1.807, 2.05) is 20.8 Å². The van der Waals surface area contributed by atoms with Crippen molar-refractivity contribution < 1.29 is 34.2 Å². The zero-order chi connectivity index (χ0) is 25.7. The number of hydrogen-bond donors (Lipinski definition) is 6. The second-order valence-corrected chi connectivity index (χ2v) is 9.43. The van der Waals surface area contributed by atoms with Crippen LogP contribution < -0.4 is 21.7 Å². The smallest absolute Gasteiger partial charge is 0.326 e. The van der Waals surface area contributed by atoms with Gasteiger partial charge in [0.2, 0.25) is 17.7 Å². The molecule has 190 valence electrons. The van der Waals surface area contributed by atoms with Gasteiger partial charge in [-0.3, -0.25) is 19.2 Å². The summed E-state index contributed by atoms with van der Waals surface area (Å²) in [6.45, 7) is 7.24. The van der Waals surface area contributed by atoms with Crippen molar-refractivity contribution >= 4 is 41.4 Å². The molecule has 33 heavy (non-hydrogen) atoms. The van der Waals surface area contributed by atoms with E-state index in [1.165, 1.54) is 11.8 Å². The minimum absolute atomic E-state index is 0.00974. The zero-order valence-corrected chi connectivity index (χ0v) is 20.7. The van der Waals surface area contributed by atoms with Gasteiger partial charge in [0, 0.05) is 0 Å². The lowest BCUT2D eigenvalue weighted by molar-refractivity contribution is -0.143. The van der Waals surface area contributed by atoms with Gasteiger partial charge in [0.1, 0.15) is 18.1 Å². The standard InChI is InChI=1S/C21H38N4O7S/c1-6-12(4)17(22)20(30)24-14(10-16(26)27)19(29)23-13(7-8-33-5)18(28)25-15(21(31)32)9-11(2)3/h11-15,17H,6-10,22H2,1-5H3,(H,23,29)(H,24,30)(H,25,28)(H,26,27)(H,31,32). The van der Waals surface area contributed by atoms with Crippen LogP contribution in [0.5, 0.6) is 0 Å². The van der Waals surface area contributed by atoms with Crippen molar-refractivity contribution in [3.63, 3.8) is 0 Å². The van der Waals surface area contributed by atoms with E-state index in [0.717, 1.165) is 0 Å². The normalized spacial score (nSPS) is 15.6. The Balaban J connectivity index is 5.51. The van der Waals surface area contributed by atoms with Gasteiger partial charge in [-0.15, -0.1) is 0 Å². The van der Waals surface area contributed by atoms with Gasteiger partial charge < -0.3 is 31.9 Å². The molecule has 0 aromatic rings. The number of nitrogens with one attached hydrogen (secondary N) is 3. The Morgan fingerprint density at radius 3 is 1.85 bits per heavy atom. The molecular weight excluding hydrogens is 452 g/mol. The third-order valence-corrected chi connectivity index (χ3v) is 5.78. The lowest BCUT2D eigenvalue weighted by Gasteiger charge is -2.25. The van der Waals surface area contributed by atoms with E-state index in [1.54, 1.807) is 13.2 Å². The molecule has 0 radical (unpaired) electrons. The zero-order valence-electron chi connectivity index (χ0n) is 19.9. The largest absolute Gasteiger partial charge is 0.481 e. The summed E-state index contributed by atoms with van der Waals surface area (Å²) >= 11 is 1.42. The van der Waals surface area contributed by atoms with Gasteiger partial charge in [-0.05, 0) is 36.7 Å². The van der Waals surface area contributed by atoms with Crippen molar-refractivity contribution in [3.8, 4) is 0 Å². The number of nitrogens with two attached hydrogens (primary N) is 1. The molecule has 0 aromatic heterocycles. The van der Waals surface area contributed by atoms with Crippen LogP contribution >= 0.6 is 11.8 Å². The average Bonchev–Trinajstić information content (AvgIpc) is 2.73. The third kappa shape index (κ3) is 11.9. The maximum Gasteiger partial charge on any atom is 0.326 e. The number of carboxylic acids is 2. The van der Waals surface area contributed by atoms with E-state index in [2.05, 4.69) is 16.0 Å². The van der Waals surface area contributed by atoms with Gasteiger partial charge in [-0.1, -0.05) is 34.1 Å². The molecule has 0 spiro atoms. The SMILES string of the molecule is CCC(C)C(N)C(=O)NC(CC(=O)O)C(=O)NC(CCSC)C(=O)NC(CC(C)C)C(=O)O. The van der Waals surface area contributed by atoms with Crippen LogP contribution in [0.4, 0.5) is 0 Å². The Bertz CT molecular complexity index is 690. The van der Waals surface area contributed by atoms with E-state index >= 15 is 0 Å². The van der Waals surface area contributed by atoms with Crippen LogP contribution in [0.3, 0.4) is 0 Å². The lowest BCUT2D eigenvalue weighted by atomic mass is 9.99. The number of amides is 3. The first kappa shape index (κ1) is 30.7. The highest BCUT2D eigenvalue weighted by atomic mass is 32.2. The maximum absolute atomic E-state index is 12.8. The average molecular weight is 491 g/mol. The van der Waals surface area contributed by atoms with Gasteiger partial charge in [0.15, 0.2) is 0 Å². The summed E-state index contributed by atoms with van der Waals surface area (Å²) in [6, 6.07) is -4.60. The van der Waals surface area contributed by atoms with Crippen molar-refractivity contribution in [2.24, 2.45) is 17.6 Å². The van der Waals surface area contributed by atoms with Crippen LogP contribution in [0.2, 0.25) is 0 Å². The molecule has 0 saturated carbocycles. The van der Waals surface area contributed by atoms with E-state index in [9.17, 15) is 34.2 Å². The summed E-state index contributed by atoms with van der Waals surface area (Å²) in [4.78, 5) is 60.7. The Morgan fingerprint density at radius 2 is 1.39 bits per heavy atom. The van der Waals surface area contributed by atoms with Crippen LogP contribution in [0.15, 0.2) is 0 Å². The molecule has 0 fully saturated rings. The van der Waals surface area contributed by atoms with Gasteiger partial charge in [-0.2, -0.15) is 11.8 Å². The fraction of sp³-hybridized carbons (Fsp3) is 0.762. The number of carbonyl (C=O) groups is 5. The van der Waals surface area contributed by atoms with Crippen LogP contribution in [0.25, 0.3) is 0 Å². The van der Waals surface area contributed by atoms with E-state index in [-0.39, 0.29) is 24.7 Å². The Kier molecular flexibility index (Phi) is 14.4. The monoisotopic (exact) mass is 490 g/mol. The molecule has 5 atom stereocenters. The van der Waals surface area contributed by atoms with Gasteiger partial charge in [0.05, 0.1) is 12.5 Å². The molecule has 0 aromatic carbocycles. The van der Waals surface area contributed by atoms with Gasteiger partial charge >= 0.3 is 11.9 Å². The predicted octanol–water partition coefficient (Wildman–Crippen LogP) is 0.173. The van der Waals surface area contributed by atoms with Crippen molar-refractivity contribution in [1.82, 2.24) is 16.0 Å². The number of aliphatic carboxylic acids is 2. The number of carboxylic acid groups (broad SMARTS) is 2. The second-order valence-electron chi connectivity index (χ2n) is 8.44. The summed E-state index contributed by atoms with van der Waals surface area (Å²) in [5.74, 6) is -4.43. The molecule has 3 amide bonds. The highest BCUT2D eigenvalue weighted by Gasteiger charge is 2.32. The first-order chi connectivity index (χ1) is 15.3. The summed E-state index contributed by atoms with van der Waals surface area (Å²) in [7, 11) is 0. The minimum Gasteiger partial charge on any atom is -0.481 e. The highest BCUT2D eigenvalue weighted by Crippen LogP contribution is 2.09. The second kappa shape index (κ2) is 15.5. The molecule has 0 aliphatic heterocycles. The number of hydrogen-bond acceptors (Lipinski definition) is 7. The minimum atomic E-state index is -1.44. The molecule has 0 aliphatic rings. The van der Waals surface area contributed by atoms with E-state index in [4.69, 9.17) is 5.73 Å². The molecule has 0 bridgehead atoms. The molecule has 11 nitrogen and oxygen atoms in total. The third-order valence-electron chi connectivity index (χ3n) is 5.14. The summed E-state index contributed by atoms with van der Waals surface area (Å²) < 4.78 is 0. The Morgan fingerprint density at radius 1 is 0.879 bits per heavy atom. The Labute approximate surface area is 199 Å². The number of rotatable bonds is 16. The van der Waals surface area contributed by atoms with Crippen molar-refractivity contribution in [2.45, 2.75) is 77.5 Å². The molecular formula is C21H38N4O7S. The topological polar surface area (TPSA) is 188 Å². The number of thioether (sulfide) groups is 1. The van der Waals surface area contributed by atoms with Crippen LogP contribution in [0.1, 0.15) is 53.4 Å². The summed E-state index contributed by atoms with van der Waals surface area (Å²) in [5, 5.41) is 25.8. The van der Waals surface area contributed by atoms with E-state index in [0.29, 0.717) is 12.2 Å². The predicted molar refractivity (Wildman–Crippen MR) is 126 cm³/mol. The van der Waals surface area contributed by atoms with E-state index < -0.39 is 60.2 Å². The van der Waals surface area contributed by atoms with Gasteiger partial charge in [0.25, 0.3) is 0 Å². The molecule has 0 saturated heterocycles. The lowest BCUT2D eigenvalue weighted by Crippen LogP contribution is -2.58. The summed E-state index contributed by atoms with van der Waals surface area (Å²) in [5.41, 5.74) is 5.87. The van der Waals surface area contributed by atoms with Crippen LogP contribution in [-0.2, 0) is 24.0 Å². The molecule has 0 heterocycles. The van der Waals surface area contributed by atoms with Gasteiger partial charge in [-0.25, -0.2) is 4.79 Å². The van der Waals surface area contributed by atoms with Crippen LogP contribution in [-0.4, -0.2) is 76.0 Å². The van der Waals surface area contributed by atoms with Crippen molar-refractivity contribution in [3.05, 3.63) is 0 Å². The quantitative estimate of drug-likeness (QED) is 0.175. The molecule has 0 aliphatic carbocycles. The van der Waals surface area contributed by atoms with Crippen LogP contribution in [0, 0.1) is 11.8 Å². The van der Waals surface area contributed by atoms with Crippen molar-refractivity contribution in [1.29, 1.82) is 0 Å². The molecule has 0 rings (SSSR count). The fourth-order valence-corrected chi connectivity index (χ4v) is 3.38. The molecule has 12 heteroatoms. The maximum atomic E-state index is 12.8. The first-order valence-electron chi connectivity index (χ1n) is 10.9. The number of carbonyl (C=O) groups excluding carboxylic acids is 3. The fourth-order valence-electron chi connectivity index (χ4n) is 2.91. The molecule has 7 N–H and O–H groups in total. The molecule has 5 unspecified atom stereocenters. The Hall–Kier alpha value is -2.34. The first-order valence-corrected chi connectivity index (χ1v) is 12.3. The van der Waals surface area contributed by atoms with Crippen molar-refractivity contribution in [2.75, 3.05) is 12.0 Å².